The Labute approximate surface area is 102 Å². The second-order valence-electron chi connectivity index (χ2n) is 5.09. The normalized spacial score (nSPS) is 11.5. The zero-order valence-electron chi connectivity index (χ0n) is 10.8. The molecule has 0 aliphatic rings. The monoisotopic (exact) mass is 230 g/mol. The van der Waals surface area contributed by atoms with Crippen LogP contribution in [0, 0.1) is 0 Å². The van der Waals surface area contributed by atoms with Crippen molar-refractivity contribution in [2.24, 2.45) is 0 Å². The third kappa shape index (κ3) is 2.90. The molecule has 0 heterocycles. The van der Waals surface area contributed by atoms with E-state index in [1.165, 1.54) is 5.39 Å². The van der Waals surface area contributed by atoms with E-state index in [4.69, 9.17) is 9.47 Å². The van der Waals surface area contributed by atoms with Crippen LogP contribution in [-0.4, -0.2) is 12.7 Å². The van der Waals surface area contributed by atoms with Crippen LogP contribution in [-0.2, 0) is 0 Å². The molecule has 0 saturated carbocycles. The third-order valence-electron chi connectivity index (χ3n) is 2.44. The van der Waals surface area contributed by atoms with E-state index in [-0.39, 0.29) is 5.60 Å². The lowest BCUT2D eigenvalue weighted by Gasteiger charge is -2.21. The van der Waals surface area contributed by atoms with Gasteiger partial charge in [0.25, 0.3) is 0 Å². The molecule has 0 spiro atoms. The van der Waals surface area contributed by atoms with Gasteiger partial charge in [-0.1, -0.05) is 12.1 Å². The second kappa shape index (κ2) is 4.28. The first-order valence-corrected chi connectivity index (χ1v) is 5.75. The standard InChI is InChI=1S/C15H18O2/c1-15(2,3)17-14-8-6-11-5-7-13(16-4)9-12(11)10-14/h5-10H,1-4H3. The van der Waals surface area contributed by atoms with Gasteiger partial charge < -0.3 is 9.47 Å². The molecule has 0 unspecified atom stereocenters. The topological polar surface area (TPSA) is 18.5 Å². The first kappa shape index (κ1) is 11.8. The van der Waals surface area contributed by atoms with Crippen LogP contribution in [0.2, 0.25) is 0 Å². The number of methoxy groups -OCH3 is 1. The molecular formula is C15H18O2. The molecule has 2 aromatic rings. The van der Waals surface area contributed by atoms with Crippen molar-refractivity contribution in [3.8, 4) is 11.5 Å². The molecule has 0 radical (unpaired) electrons. The minimum atomic E-state index is -0.174. The van der Waals surface area contributed by atoms with Crippen molar-refractivity contribution in [2.45, 2.75) is 26.4 Å². The molecule has 0 N–H and O–H groups in total. The molecule has 2 rings (SSSR count). The Morgan fingerprint density at radius 1 is 0.824 bits per heavy atom. The van der Waals surface area contributed by atoms with Gasteiger partial charge in [0.2, 0.25) is 0 Å². The van der Waals surface area contributed by atoms with Crippen molar-refractivity contribution >= 4 is 10.8 Å². The largest absolute Gasteiger partial charge is 0.497 e. The maximum absolute atomic E-state index is 5.84. The van der Waals surface area contributed by atoms with Crippen LogP contribution in [0.4, 0.5) is 0 Å². The molecule has 2 heteroatoms. The predicted molar refractivity (Wildman–Crippen MR) is 70.9 cm³/mol. The van der Waals surface area contributed by atoms with Gasteiger partial charge in [-0.2, -0.15) is 0 Å². The molecule has 17 heavy (non-hydrogen) atoms. The van der Waals surface area contributed by atoms with Gasteiger partial charge in [-0.25, -0.2) is 0 Å². The van der Waals surface area contributed by atoms with Gasteiger partial charge in [-0.3, -0.25) is 0 Å². The summed E-state index contributed by atoms with van der Waals surface area (Å²) in [5.74, 6) is 1.75. The smallest absolute Gasteiger partial charge is 0.120 e. The van der Waals surface area contributed by atoms with Gasteiger partial charge in [0, 0.05) is 0 Å². The summed E-state index contributed by atoms with van der Waals surface area (Å²) in [7, 11) is 1.68. The highest BCUT2D eigenvalue weighted by Crippen LogP contribution is 2.26. The number of fused-ring (bicyclic) bond motifs is 1. The lowest BCUT2D eigenvalue weighted by atomic mass is 10.1. The summed E-state index contributed by atoms with van der Waals surface area (Å²) in [6.07, 6.45) is 0. The number of benzene rings is 2. The van der Waals surface area contributed by atoms with E-state index < -0.39 is 0 Å². The van der Waals surface area contributed by atoms with Gasteiger partial charge in [-0.05, 0) is 55.8 Å². The number of rotatable bonds is 2. The van der Waals surface area contributed by atoms with Crippen LogP contribution in [0.3, 0.4) is 0 Å². The zero-order chi connectivity index (χ0) is 12.5. The molecule has 0 aliphatic heterocycles. The number of ether oxygens (including phenoxy) is 2. The molecule has 2 aromatic carbocycles. The van der Waals surface area contributed by atoms with Gasteiger partial charge in [0.15, 0.2) is 0 Å². The highest BCUT2D eigenvalue weighted by molar-refractivity contribution is 5.85. The van der Waals surface area contributed by atoms with Crippen LogP contribution < -0.4 is 9.47 Å². The Morgan fingerprint density at radius 3 is 2.00 bits per heavy atom. The third-order valence-corrected chi connectivity index (χ3v) is 2.44. The zero-order valence-corrected chi connectivity index (χ0v) is 10.8. The summed E-state index contributed by atoms with van der Waals surface area (Å²) < 4.78 is 11.1. The van der Waals surface area contributed by atoms with Gasteiger partial charge in [-0.15, -0.1) is 0 Å². The van der Waals surface area contributed by atoms with Crippen molar-refractivity contribution in [3.63, 3.8) is 0 Å². The Hall–Kier alpha value is -1.70. The molecule has 0 fully saturated rings. The number of hydrogen-bond donors (Lipinski definition) is 0. The van der Waals surface area contributed by atoms with E-state index in [1.54, 1.807) is 7.11 Å². The molecule has 0 amide bonds. The fraction of sp³-hybridized carbons (Fsp3) is 0.333. The Bertz CT molecular complexity index is 524. The lowest BCUT2D eigenvalue weighted by molar-refractivity contribution is 0.131. The van der Waals surface area contributed by atoms with Crippen molar-refractivity contribution in [1.82, 2.24) is 0 Å². The molecular weight excluding hydrogens is 212 g/mol. The summed E-state index contributed by atoms with van der Waals surface area (Å²) >= 11 is 0. The summed E-state index contributed by atoms with van der Waals surface area (Å²) in [4.78, 5) is 0. The minimum Gasteiger partial charge on any atom is -0.497 e. The van der Waals surface area contributed by atoms with Crippen molar-refractivity contribution in [3.05, 3.63) is 36.4 Å². The Morgan fingerprint density at radius 2 is 1.41 bits per heavy atom. The van der Waals surface area contributed by atoms with Crippen LogP contribution in [0.15, 0.2) is 36.4 Å². The summed E-state index contributed by atoms with van der Waals surface area (Å²) in [5.41, 5.74) is -0.174. The first-order chi connectivity index (χ1) is 7.98. The van der Waals surface area contributed by atoms with Crippen LogP contribution >= 0.6 is 0 Å². The molecule has 0 bridgehead atoms. The summed E-state index contributed by atoms with van der Waals surface area (Å²) in [6, 6.07) is 12.1. The van der Waals surface area contributed by atoms with Crippen LogP contribution in [0.5, 0.6) is 11.5 Å². The van der Waals surface area contributed by atoms with E-state index in [0.717, 1.165) is 16.9 Å². The molecule has 2 nitrogen and oxygen atoms in total. The summed E-state index contributed by atoms with van der Waals surface area (Å²) in [5, 5.41) is 2.32. The molecule has 0 aliphatic carbocycles. The summed E-state index contributed by atoms with van der Waals surface area (Å²) in [6.45, 7) is 6.13. The SMILES string of the molecule is COc1ccc2ccc(OC(C)(C)C)cc2c1. The molecule has 0 atom stereocenters. The van der Waals surface area contributed by atoms with Gasteiger partial charge in [0.05, 0.1) is 7.11 Å². The Balaban J connectivity index is 2.41. The Kier molecular flexibility index (Phi) is 2.97. The molecule has 90 valence electrons. The lowest BCUT2D eigenvalue weighted by Crippen LogP contribution is -2.22. The average Bonchev–Trinajstić information content (AvgIpc) is 2.26. The van der Waals surface area contributed by atoms with E-state index in [0.29, 0.717) is 0 Å². The fourth-order valence-electron chi connectivity index (χ4n) is 1.75. The fourth-order valence-corrected chi connectivity index (χ4v) is 1.75. The van der Waals surface area contributed by atoms with E-state index >= 15 is 0 Å². The van der Waals surface area contributed by atoms with Crippen molar-refractivity contribution < 1.29 is 9.47 Å². The van der Waals surface area contributed by atoms with Crippen molar-refractivity contribution in [2.75, 3.05) is 7.11 Å². The van der Waals surface area contributed by atoms with E-state index in [2.05, 4.69) is 12.1 Å². The minimum absolute atomic E-state index is 0.174. The van der Waals surface area contributed by atoms with E-state index in [1.807, 2.05) is 45.0 Å². The van der Waals surface area contributed by atoms with Gasteiger partial charge in [0.1, 0.15) is 17.1 Å². The maximum atomic E-state index is 5.84. The highest BCUT2D eigenvalue weighted by Gasteiger charge is 2.11. The molecule has 0 saturated heterocycles. The maximum Gasteiger partial charge on any atom is 0.120 e. The quantitative estimate of drug-likeness (QED) is 0.775. The predicted octanol–water partition coefficient (Wildman–Crippen LogP) is 4.03. The average molecular weight is 230 g/mol. The second-order valence-corrected chi connectivity index (χ2v) is 5.09. The number of hydrogen-bond acceptors (Lipinski definition) is 2. The highest BCUT2D eigenvalue weighted by atomic mass is 16.5. The van der Waals surface area contributed by atoms with Crippen LogP contribution in [0.25, 0.3) is 10.8 Å². The van der Waals surface area contributed by atoms with Crippen molar-refractivity contribution in [1.29, 1.82) is 0 Å². The van der Waals surface area contributed by atoms with E-state index in [9.17, 15) is 0 Å². The molecule has 0 aromatic heterocycles. The van der Waals surface area contributed by atoms with Crippen LogP contribution in [0.1, 0.15) is 20.8 Å². The van der Waals surface area contributed by atoms with Gasteiger partial charge >= 0.3 is 0 Å². The first-order valence-electron chi connectivity index (χ1n) is 5.75.